The van der Waals surface area contributed by atoms with Gasteiger partial charge in [-0.2, -0.15) is 0 Å². The maximum Gasteiger partial charge on any atom is 0.287 e. The molecular formula is C31H28Cl2FN3O4. The first kappa shape index (κ1) is 28.7. The van der Waals surface area contributed by atoms with Crippen molar-refractivity contribution in [1.82, 2.24) is 10.6 Å². The van der Waals surface area contributed by atoms with Crippen molar-refractivity contribution in [3.8, 4) is 0 Å². The molecule has 2 amide bonds. The number of benzene rings is 3. The van der Waals surface area contributed by atoms with Crippen LogP contribution >= 0.6 is 23.2 Å². The lowest BCUT2D eigenvalue weighted by molar-refractivity contribution is 0.0806. The smallest absolute Gasteiger partial charge is 0.287 e. The quantitative estimate of drug-likeness (QED) is 0.221. The SMILES string of the molecule is O=C(NCc1ccc(Cl)c(C(=O)N[C@@H](COCc2ccccc2)CN2CCc3cc(F)ccc32)c1Cl)c1ccco1. The average molecular weight is 596 g/mol. The summed E-state index contributed by atoms with van der Waals surface area (Å²) in [4.78, 5) is 28.0. The van der Waals surface area contributed by atoms with E-state index in [0.717, 1.165) is 16.8 Å². The Morgan fingerprint density at radius 3 is 2.63 bits per heavy atom. The molecule has 0 spiro atoms. The molecule has 0 unspecified atom stereocenters. The number of halogens is 3. The van der Waals surface area contributed by atoms with Crippen molar-refractivity contribution in [3.63, 3.8) is 0 Å². The maximum absolute atomic E-state index is 13.8. The average Bonchev–Trinajstić information content (AvgIpc) is 3.64. The molecule has 2 N–H and O–H groups in total. The van der Waals surface area contributed by atoms with Crippen LogP contribution in [0.1, 0.15) is 37.6 Å². The van der Waals surface area contributed by atoms with Crippen LogP contribution in [-0.4, -0.2) is 37.6 Å². The van der Waals surface area contributed by atoms with E-state index in [1.54, 1.807) is 36.4 Å². The van der Waals surface area contributed by atoms with Crippen LogP contribution in [0, 0.1) is 5.82 Å². The van der Waals surface area contributed by atoms with E-state index in [9.17, 15) is 14.0 Å². The molecular weight excluding hydrogens is 568 g/mol. The molecule has 5 rings (SSSR count). The summed E-state index contributed by atoms with van der Waals surface area (Å²) in [6, 6.07) is 20.4. The van der Waals surface area contributed by atoms with E-state index < -0.39 is 17.9 Å². The summed E-state index contributed by atoms with van der Waals surface area (Å²) in [7, 11) is 0. The molecule has 0 fully saturated rings. The van der Waals surface area contributed by atoms with Crippen molar-refractivity contribution < 1.29 is 23.1 Å². The fourth-order valence-electron chi connectivity index (χ4n) is 4.80. The van der Waals surface area contributed by atoms with E-state index in [1.807, 2.05) is 30.3 Å². The lowest BCUT2D eigenvalue weighted by atomic mass is 10.1. The highest BCUT2D eigenvalue weighted by Gasteiger charge is 2.26. The minimum atomic E-state index is -0.467. The zero-order valence-corrected chi connectivity index (χ0v) is 23.6. The highest BCUT2D eigenvalue weighted by Crippen LogP contribution is 2.30. The summed E-state index contributed by atoms with van der Waals surface area (Å²) in [5.74, 6) is -0.983. The van der Waals surface area contributed by atoms with Gasteiger partial charge in [-0.3, -0.25) is 9.59 Å². The third-order valence-electron chi connectivity index (χ3n) is 6.82. The fourth-order valence-corrected chi connectivity index (χ4v) is 5.40. The summed E-state index contributed by atoms with van der Waals surface area (Å²) in [5.41, 5.74) is 3.49. The van der Waals surface area contributed by atoms with E-state index >= 15 is 0 Å². The van der Waals surface area contributed by atoms with Crippen LogP contribution in [0.25, 0.3) is 0 Å². The van der Waals surface area contributed by atoms with Crippen molar-refractivity contribution >= 4 is 40.7 Å². The second kappa shape index (κ2) is 13.2. The predicted octanol–water partition coefficient (Wildman–Crippen LogP) is 6.03. The van der Waals surface area contributed by atoms with Crippen LogP contribution in [0.5, 0.6) is 0 Å². The summed E-state index contributed by atoms with van der Waals surface area (Å²) in [6.45, 7) is 1.80. The van der Waals surface area contributed by atoms with Gasteiger partial charge in [0.05, 0.1) is 41.1 Å². The van der Waals surface area contributed by atoms with Gasteiger partial charge in [0.25, 0.3) is 11.8 Å². The molecule has 1 aromatic heterocycles. The van der Waals surface area contributed by atoms with Crippen LogP contribution in [0.4, 0.5) is 10.1 Å². The standard InChI is InChI=1S/C31H28Cl2FN3O4/c32-25-10-8-22(16-35-30(38)27-7-4-14-41-27)29(33)28(25)31(39)36-24(19-40-18-20-5-2-1-3-6-20)17-37-13-12-21-15-23(34)9-11-26(21)37/h1-11,14-15,24H,12-13,16-19H2,(H,35,38)(H,36,39)/t24-/m1/s1. The second-order valence-corrected chi connectivity index (χ2v) is 10.5. The number of furan rings is 1. The van der Waals surface area contributed by atoms with Gasteiger partial charge >= 0.3 is 0 Å². The van der Waals surface area contributed by atoms with Crippen LogP contribution in [0.3, 0.4) is 0 Å². The molecule has 3 aromatic carbocycles. The highest BCUT2D eigenvalue weighted by molar-refractivity contribution is 6.40. The van der Waals surface area contributed by atoms with E-state index in [2.05, 4.69) is 15.5 Å². The number of nitrogens with one attached hydrogen (secondary N) is 2. The summed E-state index contributed by atoms with van der Waals surface area (Å²) >= 11 is 13.1. The Labute approximate surface area is 247 Å². The number of hydrogen-bond acceptors (Lipinski definition) is 5. The van der Waals surface area contributed by atoms with E-state index in [0.29, 0.717) is 31.7 Å². The minimum absolute atomic E-state index is 0.0700. The molecule has 1 atom stereocenters. The van der Waals surface area contributed by atoms with Gasteiger partial charge in [-0.1, -0.05) is 59.6 Å². The largest absolute Gasteiger partial charge is 0.459 e. The van der Waals surface area contributed by atoms with E-state index in [4.69, 9.17) is 32.4 Å². The number of nitrogens with zero attached hydrogens (tertiary/aromatic N) is 1. The normalized spacial score (nSPS) is 13.1. The van der Waals surface area contributed by atoms with Gasteiger partial charge < -0.3 is 24.7 Å². The van der Waals surface area contributed by atoms with Gasteiger partial charge in [0, 0.05) is 25.3 Å². The van der Waals surface area contributed by atoms with Gasteiger partial charge in [-0.25, -0.2) is 4.39 Å². The van der Waals surface area contributed by atoms with Crippen LogP contribution in [-0.2, 0) is 24.3 Å². The molecule has 0 saturated heterocycles. The second-order valence-electron chi connectivity index (χ2n) is 9.70. The van der Waals surface area contributed by atoms with E-state index in [-0.39, 0.29) is 40.3 Å². The minimum Gasteiger partial charge on any atom is -0.459 e. The van der Waals surface area contributed by atoms with Crippen molar-refractivity contribution in [2.75, 3.05) is 24.6 Å². The summed E-state index contributed by atoms with van der Waals surface area (Å²) in [5, 5.41) is 6.08. The Morgan fingerprint density at radius 2 is 1.85 bits per heavy atom. The van der Waals surface area contributed by atoms with Crippen molar-refractivity contribution in [3.05, 3.63) is 123 Å². The molecule has 1 aliphatic rings. The highest BCUT2D eigenvalue weighted by atomic mass is 35.5. The van der Waals surface area contributed by atoms with Crippen molar-refractivity contribution in [1.29, 1.82) is 0 Å². The molecule has 2 heterocycles. The molecule has 0 bridgehead atoms. The van der Waals surface area contributed by atoms with Gasteiger partial charge in [0.15, 0.2) is 5.76 Å². The third kappa shape index (κ3) is 7.08. The van der Waals surface area contributed by atoms with Crippen molar-refractivity contribution in [2.45, 2.75) is 25.6 Å². The summed E-state index contributed by atoms with van der Waals surface area (Å²) in [6.07, 6.45) is 2.12. The Hall–Kier alpha value is -3.85. The van der Waals surface area contributed by atoms with Gasteiger partial charge in [-0.15, -0.1) is 0 Å². The van der Waals surface area contributed by atoms with Crippen LogP contribution < -0.4 is 15.5 Å². The lowest BCUT2D eigenvalue weighted by Gasteiger charge is -2.27. The molecule has 41 heavy (non-hydrogen) atoms. The Morgan fingerprint density at radius 1 is 1.02 bits per heavy atom. The molecule has 1 aliphatic heterocycles. The maximum atomic E-state index is 13.8. The molecule has 10 heteroatoms. The van der Waals surface area contributed by atoms with Crippen molar-refractivity contribution in [2.24, 2.45) is 0 Å². The molecule has 0 aliphatic carbocycles. The number of hydrogen-bond donors (Lipinski definition) is 2. The fraction of sp³-hybridized carbons (Fsp3) is 0.226. The number of carbonyl (C=O) groups excluding carboxylic acids is 2. The zero-order valence-electron chi connectivity index (χ0n) is 22.0. The number of ether oxygens (including phenoxy) is 1. The topological polar surface area (TPSA) is 83.8 Å². The van der Waals surface area contributed by atoms with Crippen LogP contribution in [0.15, 0.2) is 83.5 Å². The van der Waals surface area contributed by atoms with E-state index in [1.165, 1.54) is 12.3 Å². The Balaban J connectivity index is 1.31. The molecule has 0 radical (unpaired) electrons. The van der Waals surface area contributed by atoms with Gasteiger partial charge in [0.1, 0.15) is 5.82 Å². The Bertz CT molecular complexity index is 1520. The predicted molar refractivity (Wildman–Crippen MR) is 156 cm³/mol. The van der Waals surface area contributed by atoms with Gasteiger partial charge in [0.2, 0.25) is 0 Å². The third-order valence-corrected chi connectivity index (χ3v) is 7.57. The molecule has 4 aromatic rings. The lowest BCUT2D eigenvalue weighted by Crippen LogP contribution is -2.46. The number of carbonyl (C=O) groups is 2. The molecule has 212 valence electrons. The first-order valence-electron chi connectivity index (χ1n) is 13.1. The molecule has 0 saturated carbocycles. The first-order valence-corrected chi connectivity index (χ1v) is 13.9. The number of rotatable bonds is 11. The number of fused-ring (bicyclic) bond motifs is 1. The Kier molecular flexibility index (Phi) is 9.24. The van der Waals surface area contributed by atoms with Gasteiger partial charge in [-0.05, 0) is 59.5 Å². The molecule has 7 nitrogen and oxygen atoms in total. The monoisotopic (exact) mass is 595 g/mol. The zero-order chi connectivity index (χ0) is 28.8. The number of anilines is 1. The summed E-state index contributed by atoms with van der Waals surface area (Å²) < 4.78 is 24.9. The first-order chi connectivity index (χ1) is 19.9. The van der Waals surface area contributed by atoms with Crippen LogP contribution in [0.2, 0.25) is 10.0 Å². The number of amides is 2.